The maximum atomic E-state index is 13.0. The van der Waals surface area contributed by atoms with Crippen LogP contribution in [0.2, 0.25) is 0 Å². The number of carbonyl (C=O) groups is 4. The molecule has 1 fully saturated rings. The number of nitrogens with zero attached hydrogens (tertiary/aromatic N) is 1. The van der Waals surface area contributed by atoms with Crippen molar-refractivity contribution in [3.8, 4) is 0 Å². The van der Waals surface area contributed by atoms with E-state index in [1.165, 1.54) is 7.11 Å². The molecule has 2 N–H and O–H groups in total. The Hall–Kier alpha value is -3.68. The summed E-state index contributed by atoms with van der Waals surface area (Å²) in [6.45, 7) is 4.71. The third kappa shape index (κ3) is 6.41. The van der Waals surface area contributed by atoms with Gasteiger partial charge in [0.25, 0.3) is 11.8 Å². The van der Waals surface area contributed by atoms with Gasteiger partial charge in [-0.05, 0) is 63.1 Å². The van der Waals surface area contributed by atoms with Gasteiger partial charge in [0.1, 0.15) is 6.54 Å². The number of methoxy groups -OCH3 is 1. The molecule has 3 rings (SSSR count). The molecule has 0 bridgehead atoms. The van der Waals surface area contributed by atoms with E-state index in [0.717, 1.165) is 17.5 Å². The van der Waals surface area contributed by atoms with E-state index in [-0.39, 0.29) is 24.3 Å². The summed E-state index contributed by atoms with van der Waals surface area (Å²) in [5.41, 5.74) is 3.64. The molecule has 1 unspecified atom stereocenters. The first kappa shape index (κ1) is 24.0. The Labute approximate surface area is 193 Å². The molecule has 0 saturated carbocycles. The van der Waals surface area contributed by atoms with Crippen molar-refractivity contribution in [2.24, 2.45) is 5.92 Å². The Morgan fingerprint density at radius 2 is 1.67 bits per heavy atom. The summed E-state index contributed by atoms with van der Waals surface area (Å²) in [7, 11) is 1.25. The summed E-state index contributed by atoms with van der Waals surface area (Å²) in [4.78, 5) is 50.8. The second kappa shape index (κ2) is 10.8. The molecule has 0 radical (unpaired) electrons. The zero-order valence-electron chi connectivity index (χ0n) is 19.1. The third-order valence-corrected chi connectivity index (χ3v) is 5.58. The summed E-state index contributed by atoms with van der Waals surface area (Å²) in [5.74, 6) is -1.47. The van der Waals surface area contributed by atoms with Crippen LogP contribution < -0.4 is 10.6 Å². The second-order valence-electron chi connectivity index (χ2n) is 8.29. The van der Waals surface area contributed by atoms with Gasteiger partial charge < -0.3 is 20.3 Å². The van der Waals surface area contributed by atoms with Gasteiger partial charge in [0.05, 0.1) is 13.0 Å². The number of benzene rings is 2. The quantitative estimate of drug-likeness (QED) is 0.657. The van der Waals surface area contributed by atoms with Crippen molar-refractivity contribution in [1.82, 2.24) is 10.2 Å². The Morgan fingerprint density at radius 3 is 2.30 bits per heavy atom. The summed E-state index contributed by atoms with van der Waals surface area (Å²) in [6, 6.07) is 12.2. The third-order valence-electron chi connectivity index (χ3n) is 5.58. The topological polar surface area (TPSA) is 105 Å². The molecule has 0 aromatic heterocycles. The number of likely N-dealkylation sites (tertiary alicyclic amines) is 1. The lowest BCUT2D eigenvalue weighted by molar-refractivity contribution is -0.139. The van der Waals surface area contributed by atoms with Gasteiger partial charge in [0, 0.05) is 29.9 Å². The van der Waals surface area contributed by atoms with Crippen molar-refractivity contribution in [2.75, 3.05) is 32.1 Å². The largest absolute Gasteiger partial charge is 0.468 e. The van der Waals surface area contributed by atoms with Gasteiger partial charge in [-0.3, -0.25) is 19.2 Å². The van der Waals surface area contributed by atoms with E-state index < -0.39 is 11.9 Å². The molecule has 1 atom stereocenters. The zero-order valence-corrected chi connectivity index (χ0v) is 19.1. The van der Waals surface area contributed by atoms with Crippen LogP contribution in [0.3, 0.4) is 0 Å². The number of aryl methyl sites for hydroxylation is 2. The molecule has 2 aromatic carbocycles. The molecule has 1 aliphatic rings. The molecule has 1 saturated heterocycles. The van der Waals surface area contributed by atoms with Crippen LogP contribution in [0.5, 0.6) is 0 Å². The number of hydrogen-bond donors (Lipinski definition) is 2. The fourth-order valence-electron chi connectivity index (χ4n) is 3.93. The van der Waals surface area contributed by atoms with Gasteiger partial charge in [-0.25, -0.2) is 0 Å². The Kier molecular flexibility index (Phi) is 7.82. The number of esters is 1. The summed E-state index contributed by atoms with van der Waals surface area (Å²) in [5, 5.41) is 5.33. The van der Waals surface area contributed by atoms with Crippen LogP contribution in [0.15, 0.2) is 42.5 Å². The van der Waals surface area contributed by atoms with Crippen molar-refractivity contribution in [3.63, 3.8) is 0 Å². The molecule has 2 aromatic rings. The number of rotatable bonds is 6. The lowest BCUT2D eigenvalue weighted by atomic mass is 9.96. The van der Waals surface area contributed by atoms with Crippen LogP contribution in [0.25, 0.3) is 0 Å². The van der Waals surface area contributed by atoms with Gasteiger partial charge in [-0.2, -0.15) is 0 Å². The highest BCUT2D eigenvalue weighted by molar-refractivity contribution is 5.98. The van der Waals surface area contributed by atoms with Crippen molar-refractivity contribution in [2.45, 2.75) is 26.7 Å². The average molecular weight is 452 g/mol. The standard InChI is InChI=1S/C25H29N3O5/c1-16-11-17(2)13-20(12-16)25(32)28-10-4-5-19(15-28)24(31)27-21-8-6-18(7-9-21)23(30)26-14-22(29)33-3/h6-9,11-13,19H,4-5,10,14-15H2,1-3H3,(H,26,30)(H,27,31). The molecule has 8 nitrogen and oxygen atoms in total. The van der Waals surface area contributed by atoms with E-state index >= 15 is 0 Å². The van der Waals surface area contributed by atoms with Crippen LogP contribution in [0.4, 0.5) is 5.69 Å². The maximum absolute atomic E-state index is 13.0. The van der Waals surface area contributed by atoms with Crippen LogP contribution in [0.1, 0.15) is 44.7 Å². The average Bonchev–Trinajstić information content (AvgIpc) is 2.81. The van der Waals surface area contributed by atoms with Gasteiger partial charge in [-0.1, -0.05) is 17.2 Å². The number of hydrogen-bond acceptors (Lipinski definition) is 5. The number of nitrogens with one attached hydrogen (secondary N) is 2. The van der Waals surface area contributed by atoms with E-state index in [1.54, 1.807) is 29.2 Å². The highest BCUT2D eigenvalue weighted by atomic mass is 16.5. The molecular weight excluding hydrogens is 422 g/mol. The summed E-state index contributed by atoms with van der Waals surface area (Å²) < 4.78 is 4.49. The van der Waals surface area contributed by atoms with Crippen LogP contribution >= 0.6 is 0 Å². The first-order valence-corrected chi connectivity index (χ1v) is 10.9. The number of ether oxygens (including phenoxy) is 1. The molecule has 33 heavy (non-hydrogen) atoms. The highest BCUT2D eigenvalue weighted by Gasteiger charge is 2.29. The van der Waals surface area contributed by atoms with E-state index in [9.17, 15) is 19.2 Å². The van der Waals surface area contributed by atoms with E-state index in [2.05, 4.69) is 15.4 Å². The van der Waals surface area contributed by atoms with Crippen LogP contribution in [-0.2, 0) is 14.3 Å². The van der Waals surface area contributed by atoms with Crippen molar-refractivity contribution in [1.29, 1.82) is 0 Å². The fraction of sp³-hybridized carbons (Fsp3) is 0.360. The molecular formula is C25H29N3O5. The lowest BCUT2D eigenvalue weighted by Gasteiger charge is -2.32. The predicted octanol–water partition coefficient (Wildman–Crippen LogP) is 2.70. The molecule has 8 heteroatoms. The van der Waals surface area contributed by atoms with Gasteiger partial charge in [0.2, 0.25) is 5.91 Å². The smallest absolute Gasteiger partial charge is 0.325 e. The minimum absolute atomic E-state index is 0.0541. The van der Waals surface area contributed by atoms with Crippen molar-refractivity contribution < 1.29 is 23.9 Å². The normalized spacial score (nSPS) is 15.5. The molecule has 174 valence electrons. The van der Waals surface area contributed by atoms with Gasteiger partial charge in [-0.15, -0.1) is 0 Å². The van der Waals surface area contributed by atoms with Gasteiger partial charge >= 0.3 is 5.97 Å². The minimum Gasteiger partial charge on any atom is -0.468 e. The Bertz CT molecular complexity index is 1030. The number of piperidine rings is 1. The van der Waals surface area contributed by atoms with Crippen molar-refractivity contribution in [3.05, 3.63) is 64.7 Å². The predicted molar refractivity (Wildman–Crippen MR) is 124 cm³/mol. The number of anilines is 1. The second-order valence-corrected chi connectivity index (χ2v) is 8.29. The number of amides is 3. The van der Waals surface area contributed by atoms with Crippen LogP contribution in [0, 0.1) is 19.8 Å². The molecule has 1 heterocycles. The lowest BCUT2D eigenvalue weighted by Crippen LogP contribution is -2.43. The molecule has 3 amide bonds. The van der Waals surface area contributed by atoms with Gasteiger partial charge in [0.15, 0.2) is 0 Å². The van der Waals surface area contributed by atoms with E-state index in [4.69, 9.17) is 0 Å². The van der Waals surface area contributed by atoms with Crippen LogP contribution in [-0.4, -0.2) is 55.3 Å². The van der Waals surface area contributed by atoms with E-state index in [1.807, 2.05) is 32.0 Å². The Morgan fingerprint density at radius 1 is 1.00 bits per heavy atom. The molecule has 0 aliphatic carbocycles. The maximum Gasteiger partial charge on any atom is 0.325 e. The Balaban J connectivity index is 1.58. The summed E-state index contributed by atoms with van der Waals surface area (Å²) >= 11 is 0. The minimum atomic E-state index is -0.537. The highest BCUT2D eigenvalue weighted by Crippen LogP contribution is 2.22. The summed E-state index contributed by atoms with van der Waals surface area (Å²) in [6.07, 6.45) is 1.46. The van der Waals surface area contributed by atoms with E-state index in [0.29, 0.717) is 36.3 Å². The first-order chi connectivity index (χ1) is 15.8. The monoisotopic (exact) mass is 451 g/mol. The fourth-order valence-corrected chi connectivity index (χ4v) is 3.93. The van der Waals surface area contributed by atoms with Crippen molar-refractivity contribution >= 4 is 29.4 Å². The first-order valence-electron chi connectivity index (χ1n) is 10.9. The molecule has 1 aliphatic heterocycles. The zero-order chi connectivity index (χ0) is 24.0. The SMILES string of the molecule is COC(=O)CNC(=O)c1ccc(NC(=O)C2CCCN(C(=O)c3cc(C)cc(C)c3)C2)cc1. The molecule has 0 spiro atoms. The number of carbonyl (C=O) groups excluding carboxylic acids is 4.